The SMILES string of the molecule is CCOC(=O)C1=C(C)NC2=C(C(=O)c3ccccc32)[C@H]1c1ccc(OCc2ccc(Br)cc2)c(OCC)c1. The number of nitrogens with one attached hydrogen (secondary N) is 1. The highest BCUT2D eigenvalue weighted by molar-refractivity contribution is 9.10. The summed E-state index contributed by atoms with van der Waals surface area (Å²) in [4.78, 5) is 26.9. The van der Waals surface area contributed by atoms with E-state index >= 15 is 0 Å². The third kappa shape index (κ3) is 4.74. The summed E-state index contributed by atoms with van der Waals surface area (Å²) in [6.07, 6.45) is 0. The molecule has 0 saturated carbocycles. The molecule has 0 aromatic heterocycles. The zero-order chi connectivity index (χ0) is 26.8. The molecule has 0 spiro atoms. The lowest BCUT2D eigenvalue weighted by Gasteiger charge is -2.29. The van der Waals surface area contributed by atoms with Gasteiger partial charge in [0.15, 0.2) is 17.3 Å². The first-order chi connectivity index (χ1) is 18.4. The van der Waals surface area contributed by atoms with Gasteiger partial charge in [-0.25, -0.2) is 4.79 Å². The third-order valence-corrected chi connectivity index (χ3v) is 7.18. The Balaban J connectivity index is 1.57. The van der Waals surface area contributed by atoms with Crippen molar-refractivity contribution < 1.29 is 23.8 Å². The van der Waals surface area contributed by atoms with Crippen LogP contribution in [0.4, 0.5) is 0 Å². The molecule has 0 radical (unpaired) electrons. The molecule has 2 aliphatic rings. The molecule has 7 heteroatoms. The molecule has 0 saturated heterocycles. The fraction of sp³-hybridized carbons (Fsp3) is 0.226. The van der Waals surface area contributed by atoms with Crippen LogP contribution in [-0.4, -0.2) is 25.0 Å². The fourth-order valence-corrected chi connectivity index (χ4v) is 5.24. The highest BCUT2D eigenvalue weighted by Crippen LogP contribution is 2.48. The molecule has 0 amide bonds. The summed E-state index contributed by atoms with van der Waals surface area (Å²) in [7, 11) is 0. The predicted octanol–water partition coefficient (Wildman–Crippen LogP) is 6.56. The second-order valence-electron chi connectivity index (χ2n) is 9.03. The molecule has 38 heavy (non-hydrogen) atoms. The van der Waals surface area contributed by atoms with Crippen LogP contribution < -0.4 is 14.8 Å². The topological polar surface area (TPSA) is 73.9 Å². The van der Waals surface area contributed by atoms with Crippen molar-refractivity contribution in [3.8, 4) is 11.5 Å². The number of ether oxygens (including phenoxy) is 3. The molecule has 0 unspecified atom stereocenters. The molecular weight excluding hydrogens is 546 g/mol. The Hall–Kier alpha value is -3.84. The number of dihydropyridines is 1. The molecule has 6 nitrogen and oxygen atoms in total. The predicted molar refractivity (Wildman–Crippen MR) is 149 cm³/mol. The first-order valence-electron chi connectivity index (χ1n) is 12.6. The Labute approximate surface area is 230 Å². The second kappa shape index (κ2) is 10.9. The van der Waals surface area contributed by atoms with Gasteiger partial charge in [-0.1, -0.05) is 58.4 Å². The lowest BCUT2D eigenvalue weighted by molar-refractivity contribution is -0.138. The lowest BCUT2D eigenvalue weighted by Crippen LogP contribution is -2.29. The number of rotatable bonds is 8. The number of allylic oxidation sites excluding steroid dienone is 2. The van der Waals surface area contributed by atoms with Crippen molar-refractivity contribution in [1.82, 2.24) is 5.32 Å². The molecule has 1 aliphatic carbocycles. The molecule has 0 bridgehead atoms. The summed E-state index contributed by atoms with van der Waals surface area (Å²) >= 11 is 3.45. The van der Waals surface area contributed by atoms with Crippen LogP contribution in [0.15, 0.2) is 88.0 Å². The van der Waals surface area contributed by atoms with E-state index in [1.165, 1.54) is 0 Å². The number of fused-ring (bicyclic) bond motifs is 2. The summed E-state index contributed by atoms with van der Waals surface area (Å²) in [6.45, 7) is 6.55. The van der Waals surface area contributed by atoms with E-state index in [2.05, 4.69) is 21.2 Å². The Morgan fingerprint density at radius 3 is 2.37 bits per heavy atom. The number of carbonyl (C=O) groups excluding carboxylic acids is 2. The van der Waals surface area contributed by atoms with E-state index in [0.29, 0.717) is 47.1 Å². The van der Waals surface area contributed by atoms with Crippen LogP contribution in [0.3, 0.4) is 0 Å². The Morgan fingerprint density at radius 1 is 0.921 bits per heavy atom. The maximum Gasteiger partial charge on any atom is 0.336 e. The average Bonchev–Trinajstić information content (AvgIpc) is 3.19. The molecule has 1 N–H and O–H groups in total. The molecule has 0 fully saturated rings. The van der Waals surface area contributed by atoms with Crippen LogP contribution in [0.1, 0.15) is 53.7 Å². The highest BCUT2D eigenvalue weighted by atomic mass is 79.9. The summed E-state index contributed by atoms with van der Waals surface area (Å²) in [5.41, 5.74) is 5.56. The fourth-order valence-electron chi connectivity index (χ4n) is 4.98. The van der Waals surface area contributed by atoms with Gasteiger partial charge < -0.3 is 19.5 Å². The number of ketones is 1. The zero-order valence-corrected chi connectivity index (χ0v) is 23.1. The standard InChI is InChI=1S/C31H28BrNO5/c1-4-36-25-16-20(12-15-24(25)38-17-19-10-13-21(32)14-11-19)27-26(31(35)37-5-2)18(3)33-29-22-8-6-7-9-23(22)30(34)28(27)29/h6-16,27,33H,4-5,17H2,1-3H3/t27-/m0/s1. The number of hydrogen-bond acceptors (Lipinski definition) is 6. The van der Waals surface area contributed by atoms with E-state index in [1.807, 2.05) is 80.6 Å². The van der Waals surface area contributed by atoms with E-state index in [9.17, 15) is 9.59 Å². The summed E-state index contributed by atoms with van der Waals surface area (Å²) in [6, 6.07) is 21.0. The van der Waals surface area contributed by atoms with Crippen molar-refractivity contribution in [2.45, 2.75) is 33.3 Å². The molecule has 1 heterocycles. The Morgan fingerprint density at radius 2 is 1.66 bits per heavy atom. The smallest absolute Gasteiger partial charge is 0.336 e. The van der Waals surface area contributed by atoms with Gasteiger partial charge in [-0.15, -0.1) is 0 Å². The van der Waals surface area contributed by atoms with Crippen molar-refractivity contribution in [2.75, 3.05) is 13.2 Å². The van der Waals surface area contributed by atoms with Gasteiger partial charge in [-0.05, 0) is 56.2 Å². The number of carbonyl (C=O) groups is 2. The van der Waals surface area contributed by atoms with Crippen molar-refractivity contribution in [3.05, 3.63) is 110 Å². The maximum absolute atomic E-state index is 13.7. The summed E-state index contributed by atoms with van der Waals surface area (Å²) in [5.74, 6) is -0.0418. The number of esters is 1. The van der Waals surface area contributed by atoms with Crippen LogP contribution in [0, 0.1) is 0 Å². The maximum atomic E-state index is 13.7. The van der Waals surface area contributed by atoms with Gasteiger partial charge in [0, 0.05) is 32.8 Å². The minimum absolute atomic E-state index is 0.101. The number of hydrogen-bond donors (Lipinski definition) is 1. The number of benzene rings is 3. The van der Waals surface area contributed by atoms with Crippen LogP contribution in [0.5, 0.6) is 11.5 Å². The largest absolute Gasteiger partial charge is 0.490 e. The van der Waals surface area contributed by atoms with Crippen molar-refractivity contribution in [2.24, 2.45) is 0 Å². The van der Waals surface area contributed by atoms with Gasteiger partial charge in [-0.2, -0.15) is 0 Å². The van der Waals surface area contributed by atoms with Crippen LogP contribution in [0.25, 0.3) is 5.70 Å². The van der Waals surface area contributed by atoms with Gasteiger partial charge in [-0.3, -0.25) is 4.79 Å². The summed E-state index contributed by atoms with van der Waals surface area (Å²) < 4.78 is 18.5. The normalized spacial score (nSPS) is 16.1. The van der Waals surface area contributed by atoms with Crippen LogP contribution >= 0.6 is 15.9 Å². The minimum atomic E-state index is -0.620. The van der Waals surface area contributed by atoms with Gasteiger partial charge in [0.1, 0.15) is 6.61 Å². The van der Waals surface area contributed by atoms with Crippen molar-refractivity contribution in [1.29, 1.82) is 0 Å². The first-order valence-corrected chi connectivity index (χ1v) is 13.4. The first kappa shape index (κ1) is 25.8. The quantitative estimate of drug-likeness (QED) is 0.308. The van der Waals surface area contributed by atoms with E-state index in [0.717, 1.165) is 26.9 Å². The number of halogens is 1. The number of Topliss-reactive ketones (excluding diaryl/α,β-unsaturated/α-hetero) is 1. The molecule has 3 aromatic carbocycles. The van der Waals surface area contributed by atoms with E-state index < -0.39 is 11.9 Å². The van der Waals surface area contributed by atoms with Crippen LogP contribution in [0.2, 0.25) is 0 Å². The van der Waals surface area contributed by atoms with Gasteiger partial charge >= 0.3 is 5.97 Å². The Kier molecular flexibility index (Phi) is 7.38. The van der Waals surface area contributed by atoms with Crippen LogP contribution in [-0.2, 0) is 16.1 Å². The molecule has 194 valence electrons. The average molecular weight is 574 g/mol. The van der Waals surface area contributed by atoms with Crippen molar-refractivity contribution in [3.63, 3.8) is 0 Å². The lowest BCUT2D eigenvalue weighted by atomic mass is 9.79. The monoisotopic (exact) mass is 573 g/mol. The summed E-state index contributed by atoms with van der Waals surface area (Å²) in [5, 5.41) is 3.33. The molecule has 3 aromatic rings. The Bertz CT molecular complexity index is 1470. The molecule has 1 aliphatic heterocycles. The van der Waals surface area contributed by atoms with Crippen molar-refractivity contribution >= 4 is 33.4 Å². The van der Waals surface area contributed by atoms with E-state index in [4.69, 9.17) is 14.2 Å². The van der Waals surface area contributed by atoms with Gasteiger partial charge in [0.25, 0.3) is 0 Å². The molecule has 1 atom stereocenters. The minimum Gasteiger partial charge on any atom is -0.490 e. The van der Waals surface area contributed by atoms with Gasteiger partial charge in [0.2, 0.25) is 0 Å². The van der Waals surface area contributed by atoms with E-state index in [1.54, 1.807) is 6.92 Å². The zero-order valence-electron chi connectivity index (χ0n) is 21.5. The van der Waals surface area contributed by atoms with Gasteiger partial charge in [0.05, 0.1) is 24.5 Å². The second-order valence-corrected chi connectivity index (χ2v) is 9.95. The van der Waals surface area contributed by atoms with E-state index in [-0.39, 0.29) is 12.4 Å². The molecular formula is C31H28BrNO5. The highest BCUT2D eigenvalue weighted by Gasteiger charge is 2.43. The third-order valence-electron chi connectivity index (χ3n) is 6.65. The molecule has 5 rings (SSSR count).